The van der Waals surface area contributed by atoms with Gasteiger partial charge in [0.05, 0.1) is 17.6 Å². The van der Waals surface area contributed by atoms with E-state index in [2.05, 4.69) is 29.4 Å². The summed E-state index contributed by atoms with van der Waals surface area (Å²) >= 11 is 1.35. The van der Waals surface area contributed by atoms with Gasteiger partial charge in [-0.2, -0.15) is 0 Å². The lowest BCUT2D eigenvalue weighted by atomic mass is 10.1. The molecule has 8 heteroatoms. The highest BCUT2D eigenvalue weighted by molar-refractivity contribution is 8.00. The molecule has 0 radical (unpaired) electrons. The third-order valence-electron chi connectivity index (χ3n) is 4.39. The number of aromatic nitrogens is 3. The first-order chi connectivity index (χ1) is 13.8. The van der Waals surface area contributed by atoms with Crippen LogP contribution in [0, 0.1) is 11.7 Å². The molecule has 2 atom stereocenters. The first-order valence-electron chi connectivity index (χ1n) is 9.54. The molecule has 0 unspecified atom stereocenters. The summed E-state index contributed by atoms with van der Waals surface area (Å²) in [4.78, 5) is 12.7. The zero-order valence-corrected chi connectivity index (χ0v) is 17.7. The lowest BCUT2D eigenvalue weighted by Gasteiger charge is -2.18. The highest BCUT2D eigenvalue weighted by Gasteiger charge is 2.23. The molecular formula is C21H25FN4O2S. The van der Waals surface area contributed by atoms with E-state index in [1.807, 2.05) is 30.5 Å². The fraction of sp³-hybridized carbons (Fsp3) is 0.381. The van der Waals surface area contributed by atoms with Crippen LogP contribution in [-0.2, 0) is 11.3 Å². The van der Waals surface area contributed by atoms with Gasteiger partial charge in [-0.05, 0) is 49.6 Å². The van der Waals surface area contributed by atoms with Gasteiger partial charge in [-0.3, -0.25) is 9.36 Å². The maximum atomic E-state index is 13.1. The molecule has 1 amide bonds. The van der Waals surface area contributed by atoms with Crippen molar-refractivity contribution in [1.29, 1.82) is 0 Å². The lowest BCUT2D eigenvalue weighted by molar-refractivity contribution is -0.120. The first-order valence-corrected chi connectivity index (χ1v) is 10.4. The van der Waals surface area contributed by atoms with E-state index in [4.69, 9.17) is 4.42 Å². The van der Waals surface area contributed by atoms with E-state index in [1.165, 1.54) is 23.9 Å². The molecule has 0 aliphatic heterocycles. The Morgan fingerprint density at radius 1 is 1.17 bits per heavy atom. The van der Waals surface area contributed by atoms with Crippen molar-refractivity contribution in [2.24, 2.45) is 5.92 Å². The Bertz CT molecular complexity index is 938. The Hall–Kier alpha value is -2.61. The fourth-order valence-electron chi connectivity index (χ4n) is 2.87. The molecule has 6 nitrogen and oxygen atoms in total. The van der Waals surface area contributed by atoms with Crippen molar-refractivity contribution in [2.45, 2.75) is 50.7 Å². The van der Waals surface area contributed by atoms with Crippen molar-refractivity contribution in [3.8, 4) is 11.6 Å². The number of nitrogens with one attached hydrogen (secondary N) is 1. The van der Waals surface area contributed by atoms with Crippen molar-refractivity contribution < 1.29 is 13.6 Å². The largest absolute Gasteiger partial charge is 0.461 e. The van der Waals surface area contributed by atoms with Crippen molar-refractivity contribution in [1.82, 2.24) is 20.1 Å². The molecule has 2 heterocycles. The molecule has 154 valence electrons. The number of halogens is 1. The number of carbonyl (C=O) groups is 1. The minimum atomic E-state index is -0.377. The number of benzene rings is 1. The number of rotatable bonds is 8. The maximum absolute atomic E-state index is 13.1. The Labute approximate surface area is 173 Å². The van der Waals surface area contributed by atoms with E-state index < -0.39 is 0 Å². The van der Waals surface area contributed by atoms with Crippen molar-refractivity contribution in [3.05, 3.63) is 54.0 Å². The van der Waals surface area contributed by atoms with Crippen LogP contribution in [0.4, 0.5) is 4.39 Å². The molecule has 0 saturated carbocycles. The number of nitrogens with zero attached hydrogens (tertiary/aromatic N) is 3. The van der Waals surface area contributed by atoms with E-state index >= 15 is 0 Å². The molecule has 0 spiro atoms. The molecule has 3 aromatic rings. The van der Waals surface area contributed by atoms with Crippen LogP contribution in [0.15, 0.2) is 52.2 Å². The van der Waals surface area contributed by atoms with Crippen LogP contribution in [0.25, 0.3) is 11.6 Å². The van der Waals surface area contributed by atoms with Crippen molar-refractivity contribution in [2.75, 3.05) is 0 Å². The third-order valence-corrected chi connectivity index (χ3v) is 5.47. The number of hydrogen-bond acceptors (Lipinski definition) is 5. The van der Waals surface area contributed by atoms with Gasteiger partial charge in [0.1, 0.15) is 5.82 Å². The Balaban J connectivity index is 1.71. The van der Waals surface area contributed by atoms with Crippen molar-refractivity contribution >= 4 is 17.7 Å². The molecule has 29 heavy (non-hydrogen) atoms. The molecule has 2 aromatic heterocycles. The molecule has 0 saturated heterocycles. The monoisotopic (exact) mass is 416 g/mol. The summed E-state index contributed by atoms with van der Waals surface area (Å²) < 4.78 is 20.6. The average Bonchev–Trinajstić information content (AvgIpc) is 3.32. The van der Waals surface area contributed by atoms with E-state index in [0.29, 0.717) is 29.2 Å². The normalized spacial score (nSPS) is 13.4. The molecule has 0 aliphatic carbocycles. The summed E-state index contributed by atoms with van der Waals surface area (Å²) in [6, 6.07) is 9.55. The van der Waals surface area contributed by atoms with Crippen molar-refractivity contribution in [3.63, 3.8) is 0 Å². The summed E-state index contributed by atoms with van der Waals surface area (Å²) in [6.45, 7) is 8.64. The average molecular weight is 417 g/mol. The van der Waals surface area contributed by atoms with Gasteiger partial charge < -0.3 is 9.73 Å². The van der Waals surface area contributed by atoms with Gasteiger partial charge in [-0.15, -0.1) is 10.2 Å². The summed E-state index contributed by atoms with van der Waals surface area (Å²) in [5, 5.41) is 11.8. The van der Waals surface area contributed by atoms with Crippen LogP contribution < -0.4 is 5.32 Å². The summed E-state index contributed by atoms with van der Waals surface area (Å²) in [5.74, 6) is 1.26. The summed E-state index contributed by atoms with van der Waals surface area (Å²) in [5.41, 5.74) is 0.847. The Morgan fingerprint density at radius 2 is 1.90 bits per heavy atom. The number of thioether (sulfide) groups is 1. The van der Waals surface area contributed by atoms with E-state index in [1.54, 1.807) is 18.4 Å². The SMILES string of the molecule is CC(C)Cn1c(S[C@H](C)C(=O)N[C@H](C)c2ccc(F)cc2)nnc1-c1ccco1. The Kier molecular flexibility index (Phi) is 6.74. The highest BCUT2D eigenvalue weighted by Crippen LogP contribution is 2.28. The van der Waals surface area contributed by atoms with E-state index in [0.717, 1.165) is 5.56 Å². The number of hydrogen-bond donors (Lipinski definition) is 1. The van der Waals surface area contributed by atoms with Crippen LogP contribution in [0.1, 0.15) is 39.3 Å². The lowest BCUT2D eigenvalue weighted by Crippen LogP contribution is -2.33. The first kappa shape index (κ1) is 21.1. The summed E-state index contributed by atoms with van der Waals surface area (Å²) in [6.07, 6.45) is 1.60. The molecule has 0 fully saturated rings. The van der Waals surface area contributed by atoms with Crippen LogP contribution in [-0.4, -0.2) is 25.9 Å². The highest BCUT2D eigenvalue weighted by atomic mass is 32.2. The standard InChI is InChI=1S/C21H25FN4O2S/c1-13(2)12-26-19(18-6-5-11-28-18)24-25-21(26)29-15(4)20(27)23-14(3)16-7-9-17(22)10-8-16/h5-11,13-15H,12H2,1-4H3,(H,23,27)/t14-,15-/m1/s1. The van der Waals surface area contributed by atoms with Gasteiger partial charge >= 0.3 is 0 Å². The number of amides is 1. The number of carbonyl (C=O) groups excluding carboxylic acids is 1. The maximum Gasteiger partial charge on any atom is 0.233 e. The molecule has 1 aromatic carbocycles. The molecule has 0 aliphatic rings. The topological polar surface area (TPSA) is 73.0 Å². The van der Waals surface area contributed by atoms with Crippen LogP contribution in [0.2, 0.25) is 0 Å². The second-order valence-electron chi connectivity index (χ2n) is 7.33. The van der Waals surface area contributed by atoms with Gasteiger partial charge in [0.15, 0.2) is 16.7 Å². The molecular weight excluding hydrogens is 391 g/mol. The van der Waals surface area contributed by atoms with Gasteiger partial charge in [0, 0.05) is 6.54 Å². The minimum Gasteiger partial charge on any atom is -0.461 e. The third kappa shape index (κ3) is 5.26. The van der Waals surface area contributed by atoms with E-state index in [9.17, 15) is 9.18 Å². The Morgan fingerprint density at radius 3 is 2.52 bits per heavy atom. The molecule has 0 bridgehead atoms. The smallest absolute Gasteiger partial charge is 0.233 e. The van der Waals surface area contributed by atoms with Crippen LogP contribution in [0.5, 0.6) is 0 Å². The second-order valence-corrected chi connectivity index (χ2v) is 8.64. The van der Waals surface area contributed by atoms with Crippen LogP contribution >= 0.6 is 11.8 Å². The minimum absolute atomic E-state index is 0.120. The van der Waals surface area contributed by atoms with Gasteiger partial charge in [0.25, 0.3) is 0 Å². The predicted molar refractivity (Wildman–Crippen MR) is 111 cm³/mol. The van der Waals surface area contributed by atoms with Gasteiger partial charge in [-0.25, -0.2) is 4.39 Å². The second kappa shape index (κ2) is 9.26. The molecule has 3 rings (SSSR count). The molecule has 1 N–H and O–H groups in total. The van der Waals surface area contributed by atoms with Gasteiger partial charge in [-0.1, -0.05) is 37.7 Å². The van der Waals surface area contributed by atoms with E-state index in [-0.39, 0.29) is 23.0 Å². The van der Waals surface area contributed by atoms with Crippen LogP contribution in [0.3, 0.4) is 0 Å². The summed E-state index contributed by atoms with van der Waals surface area (Å²) in [7, 11) is 0. The zero-order valence-electron chi connectivity index (χ0n) is 16.9. The number of furan rings is 1. The zero-order chi connectivity index (χ0) is 21.0. The predicted octanol–water partition coefficient (Wildman–Crippen LogP) is 4.69. The van der Waals surface area contributed by atoms with Gasteiger partial charge in [0.2, 0.25) is 5.91 Å². The quantitative estimate of drug-likeness (QED) is 0.539. The fourth-order valence-corrected chi connectivity index (χ4v) is 3.74.